The van der Waals surface area contributed by atoms with Gasteiger partial charge in [0.2, 0.25) is 0 Å². The van der Waals surface area contributed by atoms with Crippen LogP contribution < -0.4 is 5.32 Å². The summed E-state index contributed by atoms with van der Waals surface area (Å²) in [6.45, 7) is 1.40. The fourth-order valence-electron chi connectivity index (χ4n) is 3.68. The Kier molecular flexibility index (Phi) is 6.58. The molecule has 1 fully saturated rings. The van der Waals surface area contributed by atoms with E-state index in [9.17, 15) is 0 Å². The Labute approximate surface area is 190 Å². The van der Waals surface area contributed by atoms with Crippen LogP contribution >= 0.6 is 35.4 Å². The number of ether oxygens (including phenoxy) is 1. The molecule has 1 aliphatic heterocycles. The Morgan fingerprint density at radius 1 is 1.20 bits per heavy atom. The Bertz CT molecular complexity index is 1030. The van der Waals surface area contributed by atoms with Crippen molar-refractivity contribution >= 4 is 40.5 Å². The van der Waals surface area contributed by atoms with Crippen LogP contribution in [0.2, 0.25) is 10.0 Å². The van der Waals surface area contributed by atoms with Crippen LogP contribution in [0.5, 0.6) is 0 Å². The molecule has 156 valence electrons. The maximum atomic E-state index is 6.38. The first-order valence-corrected chi connectivity index (χ1v) is 10.8. The van der Waals surface area contributed by atoms with Gasteiger partial charge in [0.15, 0.2) is 5.11 Å². The van der Waals surface area contributed by atoms with E-state index < -0.39 is 0 Å². The highest BCUT2D eigenvalue weighted by molar-refractivity contribution is 7.80. The molecule has 0 bridgehead atoms. The molecule has 0 unspecified atom stereocenters. The van der Waals surface area contributed by atoms with Gasteiger partial charge < -0.3 is 19.4 Å². The molecule has 1 saturated heterocycles. The van der Waals surface area contributed by atoms with Gasteiger partial charge in [-0.25, -0.2) is 0 Å². The van der Waals surface area contributed by atoms with Crippen molar-refractivity contribution < 1.29 is 9.15 Å². The molecule has 0 saturated carbocycles. The number of halogens is 2. The van der Waals surface area contributed by atoms with Gasteiger partial charge in [-0.2, -0.15) is 0 Å². The van der Waals surface area contributed by atoms with Crippen LogP contribution in [-0.4, -0.2) is 35.3 Å². The summed E-state index contributed by atoms with van der Waals surface area (Å²) in [4.78, 5) is 6.68. The number of methoxy groups -OCH3 is 1. The predicted octanol–water partition coefficient (Wildman–Crippen LogP) is 5.66. The maximum absolute atomic E-state index is 6.38. The largest absolute Gasteiger partial charge is 0.459 e. The van der Waals surface area contributed by atoms with Gasteiger partial charge >= 0.3 is 0 Å². The van der Waals surface area contributed by atoms with Crippen molar-refractivity contribution in [2.45, 2.75) is 18.5 Å². The average Bonchev–Trinajstić information content (AvgIpc) is 3.34. The van der Waals surface area contributed by atoms with Crippen molar-refractivity contribution in [2.75, 3.05) is 20.3 Å². The monoisotopic (exact) mass is 461 g/mol. The number of furan rings is 1. The van der Waals surface area contributed by atoms with Crippen molar-refractivity contribution in [2.24, 2.45) is 0 Å². The number of benzene rings is 1. The van der Waals surface area contributed by atoms with Gasteiger partial charge in [0.1, 0.15) is 17.6 Å². The highest BCUT2D eigenvalue weighted by Gasteiger charge is 2.41. The summed E-state index contributed by atoms with van der Waals surface area (Å²) in [5.74, 6) is 1.47. The lowest BCUT2D eigenvalue weighted by Crippen LogP contribution is -2.31. The lowest BCUT2D eigenvalue weighted by Gasteiger charge is -2.26. The number of rotatable bonds is 7. The van der Waals surface area contributed by atoms with E-state index in [0.29, 0.717) is 27.5 Å². The van der Waals surface area contributed by atoms with Crippen LogP contribution in [0.15, 0.2) is 59.1 Å². The minimum absolute atomic E-state index is 0.124. The highest BCUT2D eigenvalue weighted by Crippen LogP contribution is 2.41. The summed E-state index contributed by atoms with van der Waals surface area (Å²) in [5.41, 5.74) is 1.70. The van der Waals surface area contributed by atoms with Crippen LogP contribution in [0.3, 0.4) is 0 Å². The molecule has 0 spiro atoms. The molecule has 1 N–H and O–H groups in total. The molecule has 8 heteroatoms. The topological polar surface area (TPSA) is 50.5 Å². The molecular formula is C22H21Cl2N3O2S. The molecule has 3 heterocycles. The van der Waals surface area contributed by atoms with E-state index in [4.69, 9.17) is 44.6 Å². The molecule has 3 aromatic rings. The zero-order valence-electron chi connectivity index (χ0n) is 16.3. The van der Waals surface area contributed by atoms with Crippen molar-refractivity contribution in [3.8, 4) is 11.3 Å². The second kappa shape index (κ2) is 9.35. The first-order valence-electron chi connectivity index (χ1n) is 9.60. The number of pyridine rings is 1. The Balaban J connectivity index is 1.69. The van der Waals surface area contributed by atoms with E-state index in [1.165, 1.54) is 0 Å². The fourth-order valence-corrected chi connectivity index (χ4v) is 4.51. The number of hydrogen-bond acceptors (Lipinski definition) is 4. The van der Waals surface area contributed by atoms with Crippen LogP contribution in [0.4, 0.5) is 0 Å². The van der Waals surface area contributed by atoms with Gasteiger partial charge in [0.05, 0.1) is 16.8 Å². The molecule has 0 amide bonds. The third-order valence-corrected chi connectivity index (χ3v) is 5.96. The lowest BCUT2D eigenvalue weighted by molar-refractivity contribution is 0.177. The molecule has 2 aromatic heterocycles. The van der Waals surface area contributed by atoms with Gasteiger partial charge in [-0.15, -0.1) is 0 Å². The minimum Gasteiger partial charge on any atom is -0.459 e. The van der Waals surface area contributed by atoms with E-state index >= 15 is 0 Å². The normalized spacial score (nSPS) is 18.6. The minimum atomic E-state index is -0.135. The van der Waals surface area contributed by atoms with Crippen LogP contribution in [0.25, 0.3) is 11.3 Å². The predicted molar refractivity (Wildman–Crippen MR) is 123 cm³/mol. The van der Waals surface area contributed by atoms with Crippen molar-refractivity contribution in [3.63, 3.8) is 0 Å². The van der Waals surface area contributed by atoms with E-state index in [-0.39, 0.29) is 12.1 Å². The third-order valence-electron chi connectivity index (χ3n) is 5.06. The van der Waals surface area contributed by atoms with E-state index in [1.807, 2.05) is 36.4 Å². The standard InChI is InChI=1S/C22H21Cl2N3O2S/c1-28-12-4-11-27-21(20(26-22(27)30)17-5-2-3-10-25-17)19-9-8-18(29-19)15-7-6-14(23)13-16(15)24/h2-3,5-10,13,20-21H,4,11-12H2,1H3,(H,26,30)/t20-,21+/m1/s1. The van der Waals surface area contributed by atoms with Crippen LogP contribution in [0.1, 0.15) is 30.0 Å². The number of nitrogens with one attached hydrogen (secondary N) is 1. The molecule has 0 radical (unpaired) electrons. The zero-order chi connectivity index (χ0) is 21.1. The SMILES string of the molecule is COCCCN1C(=S)N[C@H](c2ccccn2)[C@@H]1c1ccc(-c2ccc(Cl)cc2Cl)o1. The summed E-state index contributed by atoms with van der Waals surface area (Å²) in [6, 6.07) is 14.9. The summed E-state index contributed by atoms with van der Waals surface area (Å²) in [5, 5.41) is 5.22. The zero-order valence-corrected chi connectivity index (χ0v) is 18.7. The number of thiocarbonyl (C=S) groups is 1. The lowest BCUT2D eigenvalue weighted by atomic mass is 10.0. The third kappa shape index (κ3) is 4.32. The number of nitrogens with zero attached hydrogens (tertiary/aromatic N) is 2. The molecule has 30 heavy (non-hydrogen) atoms. The number of hydrogen-bond donors (Lipinski definition) is 1. The highest BCUT2D eigenvalue weighted by atomic mass is 35.5. The summed E-state index contributed by atoms with van der Waals surface area (Å²) >= 11 is 18.1. The molecule has 2 atom stereocenters. The van der Waals surface area contributed by atoms with Crippen LogP contribution in [-0.2, 0) is 4.74 Å². The molecule has 5 nitrogen and oxygen atoms in total. The molecule has 4 rings (SSSR count). The van der Waals surface area contributed by atoms with Gasteiger partial charge in [-0.1, -0.05) is 29.3 Å². The summed E-state index contributed by atoms with van der Waals surface area (Å²) in [7, 11) is 1.70. The van der Waals surface area contributed by atoms with E-state index in [2.05, 4.69) is 15.2 Å². The summed E-state index contributed by atoms with van der Waals surface area (Å²) in [6.07, 6.45) is 2.63. The fraction of sp³-hybridized carbons (Fsp3) is 0.273. The van der Waals surface area contributed by atoms with Gasteiger partial charge in [0, 0.05) is 37.0 Å². The quantitative estimate of drug-likeness (QED) is 0.361. The first kappa shape index (κ1) is 21.1. The first-order chi connectivity index (χ1) is 14.6. The van der Waals surface area contributed by atoms with Gasteiger partial charge in [0.25, 0.3) is 0 Å². The van der Waals surface area contributed by atoms with E-state index in [0.717, 1.165) is 30.0 Å². The maximum Gasteiger partial charge on any atom is 0.170 e. The van der Waals surface area contributed by atoms with Crippen molar-refractivity contribution in [1.82, 2.24) is 15.2 Å². The second-order valence-electron chi connectivity index (χ2n) is 6.99. The van der Waals surface area contributed by atoms with E-state index in [1.54, 1.807) is 25.4 Å². The van der Waals surface area contributed by atoms with Gasteiger partial charge in [-0.3, -0.25) is 4.98 Å². The van der Waals surface area contributed by atoms with Gasteiger partial charge in [-0.05, 0) is 61.1 Å². The van der Waals surface area contributed by atoms with Crippen LogP contribution in [0, 0.1) is 0 Å². The Morgan fingerprint density at radius 3 is 2.80 bits per heavy atom. The average molecular weight is 462 g/mol. The summed E-state index contributed by atoms with van der Waals surface area (Å²) < 4.78 is 11.5. The Hall–Kier alpha value is -2.12. The Morgan fingerprint density at radius 2 is 2.07 bits per heavy atom. The smallest absolute Gasteiger partial charge is 0.170 e. The molecule has 0 aliphatic carbocycles. The second-order valence-corrected chi connectivity index (χ2v) is 8.22. The molecular weight excluding hydrogens is 441 g/mol. The molecule has 1 aromatic carbocycles. The molecule has 1 aliphatic rings. The van der Waals surface area contributed by atoms with Crippen molar-refractivity contribution in [3.05, 3.63) is 76.2 Å². The number of aromatic nitrogens is 1. The van der Waals surface area contributed by atoms with Crippen molar-refractivity contribution in [1.29, 1.82) is 0 Å².